The first kappa shape index (κ1) is 12.1. The summed E-state index contributed by atoms with van der Waals surface area (Å²) in [6.07, 6.45) is 3.55. The van der Waals surface area contributed by atoms with Crippen molar-refractivity contribution in [3.05, 3.63) is 11.7 Å². The minimum absolute atomic E-state index is 0.0390. The van der Waals surface area contributed by atoms with Gasteiger partial charge in [-0.3, -0.25) is 0 Å². The molecule has 1 aromatic rings. The van der Waals surface area contributed by atoms with Gasteiger partial charge in [0, 0.05) is 12.6 Å². The summed E-state index contributed by atoms with van der Waals surface area (Å²) in [6.45, 7) is 5.91. The van der Waals surface area contributed by atoms with Gasteiger partial charge < -0.3 is 14.6 Å². The molecule has 2 fully saturated rings. The molecule has 5 nitrogen and oxygen atoms in total. The Bertz CT molecular complexity index is 403. The number of nitrogens with one attached hydrogen (secondary N) is 1. The summed E-state index contributed by atoms with van der Waals surface area (Å²) >= 11 is 0. The Morgan fingerprint density at radius 2 is 2.28 bits per heavy atom. The minimum Gasteiger partial charge on any atom is -0.370 e. The van der Waals surface area contributed by atoms with E-state index in [1.807, 2.05) is 6.92 Å². The molecule has 1 aliphatic heterocycles. The van der Waals surface area contributed by atoms with E-state index >= 15 is 0 Å². The van der Waals surface area contributed by atoms with Crippen LogP contribution in [0.15, 0.2) is 4.52 Å². The quantitative estimate of drug-likeness (QED) is 0.867. The molecule has 0 bridgehead atoms. The van der Waals surface area contributed by atoms with E-state index in [0.29, 0.717) is 24.5 Å². The molecular formula is C13H21N3O2. The zero-order valence-electron chi connectivity index (χ0n) is 11.1. The van der Waals surface area contributed by atoms with E-state index in [9.17, 15) is 0 Å². The Hall–Kier alpha value is -0.940. The summed E-state index contributed by atoms with van der Waals surface area (Å²) < 4.78 is 11.2. The number of aromatic nitrogens is 2. The van der Waals surface area contributed by atoms with Gasteiger partial charge in [-0.25, -0.2) is 0 Å². The average molecular weight is 251 g/mol. The number of nitrogens with zero attached hydrogens (tertiary/aromatic N) is 2. The Labute approximate surface area is 107 Å². The van der Waals surface area contributed by atoms with E-state index in [4.69, 9.17) is 9.26 Å². The SMILES string of the molecule is CCOC(c1noc(C2CCNC2C)n1)C1CC1. The highest BCUT2D eigenvalue weighted by Crippen LogP contribution is 2.42. The van der Waals surface area contributed by atoms with Gasteiger partial charge in [0.05, 0.1) is 5.92 Å². The standard InChI is InChI=1S/C13H21N3O2/c1-3-17-11(9-4-5-9)12-15-13(18-16-12)10-6-7-14-8(10)2/h8-11,14H,3-7H2,1-2H3. The lowest BCUT2D eigenvalue weighted by atomic mass is 10.0. The van der Waals surface area contributed by atoms with Crippen LogP contribution in [0, 0.1) is 5.92 Å². The van der Waals surface area contributed by atoms with E-state index in [1.165, 1.54) is 12.8 Å². The molecule has 3 atom stereocenters. The Morgan fingerprint density at radius 1 is 1.44 bits per heavy atom. The van der Waals surface area contributed by atoms with Gasteiger partial charge in [0.25, 0.3) is 0 Å². The van der Waals surface area contributed by atoms with Crippen molar-refractivity contribution >= 4 is 0 Å². The number of ether oxygens (including phenoxy) is 1. The Balaban J connectivity index is 1.75. The zero-order valence-corrected chi connectivity index (χ0v) is 11.1. The summed E-state index contributed by atoms with van der Waals surface area (Å²) in [7, 11) is 0. The largest absolute Gasteiger partial charge is 0.370 e. The molecule has 1 N–H and O–H groups in total. The second-order valence-electron chi connectivity index (χ2n) is 5.34. The molecule has 100 valence electrons. The van der Waals surface area contributed by atoms with E-state index < -0.39 is 0 Å². The van der Waals surface area contributed by atoms with Crippen molar-refractivity contribution in [3.8, 4) is 0 Å². The monoisotopic (exact) mass is 251 g/mol. The molecule has 3 unspecified atom stereocenters. The fourth-order valence-corrected chi connectivity index (χ4v) is 2.71. The van der Waals surface area contributed by atoms with E-state index in [-0.39, 0.29) is 6.10 Å². The Kier molecular flexibility index (Phi) is 3.35. The van der Waals surface area contributed by atoms with Crippen LogP contribution < -0.4 is 5.32 Å². The third-order valence-corrected chi connectivity index (χ3v) is 3.95. The van der Waals surface area contributed by atoms with Gasteiger partial charge >= 0.3 is 0 Å². The summed E-state index contributed by atoms with van der Waals surface area (Å²) in [5.41, 5.74) is 0. The molecule has 1 saturated heterocycles. The smallest absolute Gasteiger partial charge is 0.231 e. The second kappa shape index (κ2) is 4.97. The van der Waals surface area contributed by atoms with Crippen molar-refractivity contribution in [2.24, 2.45) is 5.92 Å². The maximum absolute atomic E-state index is 5.75. The molecule has 0 radical (unpaired) electrons. The lowest BCUT2D eigenvalue weighted by Gasteiger charge is -2.11. The molecular weight excluding hydrogens is 230 g/mol. The molecule has 1 aliphatic carbocycles. The van der Waals surface area contributed by atoms with Crippen LogP contribution in [0.3, 0.4) is 0 Å². The summed E-state index contributed by atoms with van der Waals surface area (Å²) in [4.78, 5) is 4.58. The van der Waals surface area contributed by atoms with E-state index in [1.54, 1.807) is 0 Å². The maximum atomic E-state index is 5.75. The normalized spacial score (nSPS) is 29.7. The molecule has 18 heavy (non-hydrogen) atoms. The molecule has 5 heteroatoms. The molecule has 0 spiro atoms. The predicted molar refractivity (Wildman–Crippen MR) is 66.2 cm³/mol. The predicted octanol–water partition coefficient (Wildman–Crippen LogP) is 2.02. The molecule has 0 amide bonds. The van der Waals surface area contributed by atoms with Crippen LogP contribution in [0.1, 0.15) is 56.8 Å². The molecule has 1 saturated carbocycles. The van der Waals surface area contributed by atoms with Gasteiger partial charge in [-0.1, -0.05) is 5.16 Å². The fraction of sp³-hybridized carbons (Fsp3) is 0.846. The van der Waals surface area contributed by atoms with E-state index in [2.05, 4.69) is 22.4 Å². The highest BCUT2D eigenvalue weighted by Gasteiger charge is 2.37. The first-order valence-electron chi connectivity index (χ1n) is 6.98. The third kappa shape index (κ3) is 2.29. The first-order valence-corrected chi connectivity index (χ1v) is 6.98. The van der Waals surface area contributed by atoms with Crippen molar-refractivity contribution in [1.82, 2.24) is 15.5 Å². The summed E-state index contributed by atoms with van der Waals surface area (Å²) in [5, 5.41) is 7.54. The van der Waals surface area contributed by atoms with Crippen LogP contribution >= 0.6 is 0 Å². The van der Waals surface area contributed by atoms with Crippen LogP contribution in [0.5, 0.6) is 0 Å². The number of rotatable bonds is 5. The highest BCUT2D eigenvalue weighted by molar-refractivity contribution is 5.05. The van der Waals surface area contributed by atoms with Crippen molar-refractivity contribution in [3.63, 3.8) is 0 Å². The van der Waals surface area contributed by atoms with Crippen molar-refractivity contribution in [1.29, 1.82) is 0 Å². The lowest BCUT2D eigenvalue weighted by molar-refractivity contribution is 0.0384. The second-order valence-corrected chi connectivity index (χ2v) is 5.34. The van der Waals surface area contributed by atoms with Gasteiger partial charge in [0.1, 0.15) is 6.10 Å². The zero-order chi connectivity index (χ0) is 12.5. The van der Waals surface area contributed by atoms with E-state index in [0.717, 1.165) is 24.7 Å². The molecule has 1 aromatic heterocycles. The molecule has 0 aromatic carbocycles. The van der Waals surface area contributed by atoms with Crippen molar-refractivity contribution < 1.29 is 9.26 Å². The fourth-order valence-electron chi connectivity index (χ4n) is 2.71. The van der Waals surface area contributed by atoms with Crippen LogP contribution in [0.25, 0.3) is 0 Å². The summed E-state index contributed by atoms with van der Waals surface area (Å²) in [6, 6.07) is 0.421. The number of hydrogen-bond donors (Lipinski definition) is 1. The third-order valence-electron chi connectivity index (χ3n) is 3.95. The lowest BCUT2D eigenvalue weighted by Crippen LogP contribution is -2.21. The minimum atomic E-state index is 0.0390. The van der Waals surface area contributed by atoms with Gasteiger partial charge in [0.2, 0.25) is 11.7 Å². The van der Waals surface area contributed by atoms with Gasteiger partial charge in [0.15, 0.2) is 0 Å². The van der Waals surface area contributed by atoms with Gasteiger partial charge in [-0.2, -0.15) is 4.98 Å². The molecule has 2 aliphatic rings. The van der Waals surface area contributed by atoms with Crippen LogP contribution in [-0.4, -0.2) is 29.3 Å². The number of hydrogen-bond acceptors (Lipinski definition) is 5. The van der Waals surface area contributed by atoms with Crippen molar-refractivity contribution in [2.75, 3.05) is 13.2 Å². The summed E-state index contributed by atoms with van der Waals surface area (Å²) in [5.74, 6) is 2.46. The van der Waals surface area contributed by atoms with Gasteiger partial charge in [-0.05, 0) is 45.6 Å². The maximum Gasteiger partial charge on any atom is 0.231 e. The first-order chi connectivity index (χ1) is 8.79. The topological polar surface area (TPSA) is 60.2 Å². The van der Waals surface area contributed by atoms with Crippen molar-refractivity contribution in [2.45, 2.75) is 51.2 Å². The van der Waals surface area contributed by atoms with Crippen LogP contribution in [0.2, 0.25) is 0 Å². The van der Waals surface area contributed by atoms with Crippen LogP contribution in [0.4, 0.5) is 0 Å². The average Bonchev–Trinajstić information content (AvgIpc) is 2.93. The van der Waals surface area contributed by atoms with Gasteiger partial charge in [-0.15, -0.1) is 0 Å². The molecule has 3 rings (SSSR count). The Morgan fingerprint density at radius 3 is 2.89 bits per heavy atom. The molecule has 2 heterocycles. The highest BCUT2D eigenvalue weighted by atomic mass is 16.5. The van der Waals surface area contributed by atoms with Crippen LogP contribution in [-0.2, 0) is 4.74 Å².